The summed E-state index contributed by atoms with van der Waals surface area (Å²) in [5.74, 6) is 0. The van der Waals surface area contributed by atoms with Crippen molar-refractivity contribution in [2.24, 2.45) is 0 Å². The minimum absolute atomic E-state index is 1.04. The maximum atomic E-state index is 10.3. The summed E-state index contributed by atoms with van der Waals surface area (Å²) >= 11 is 0. The zero-order valence-corrected chi connectivity index (χ0v) is 6.75. The van der Waals surface area contributed by atoms with Gasteiger partial charge < -0.3 is 14.7 Å². The lowest BCUT2D eigenvalue weighted by Crippen LogP contribution is -2.03. The van der Waals surface area contributed by atoms with E-state index in [1.165, 1.54) is 0 Å². The van der Waals surface area contributed by atoms with E-state index < -0.39 is 15.6 Å². The number of phosphoric acid groups is 1. The standard InChI is InChI=1S/CH7NO6P2/c1-2-9(3,4)8-10(5,6)7/h1H3,(H2,2,3,4)(H2,5,6,7). The molecular formula is CH7NO6P2. The summed E-state index contributed by atoms with van der Waals surface area (Å²) in [6, 6.07) is 0. The normalized spacial score (nSPS) is 18.4. The van der Waals surface area contributed by atoms with Crippen LogP contribution in [0.4, 0.5) is 0 Å². The molecule has 0 aromatic rings. The number of nitrogens with one attached hydrogen (secondary N) is 1. The van der Waals surface area contributed by atoms with Crippen molar-refractivity contribution in [2.45, 2.75) is 0 Å². The van der Waals surface area contributed by atoms with E-state index in [-0.39, 0.29) is 0 Å². The van der Waals surface area contributed by atoms with Gasteiger partial charge in [-0.2, -0.15) is 4.31 Å². The van der Waals surface area contributed by atoms with Gasteiger partial charge in [0.1, 0.15) is 0 Å². The molecule has 1 atom stereocenters. The molecule has 0 bridgehead atoms. The number of hydrogen-bond acceptors (Lipinski definition) is 3. The van der Waals surface area contributed by atoms with E-state index in [2.05, 4.69) is 4.31 Å². The highest BCUT2D eigenvalue weighted by Crippen LogP contribution is 2.53. The van der Waals surface area contributed by atoms with Gasteiger partial charge in [0.05, 0.1) is 0 Å². The zero-order chi connectivity index (χ0) is 8.41. The van der Waals surface area contributed by atoms with Crippen molar-refractivity contribution in [1.29, 1.82) is 0 Å². The van der Waals surface area contributed by atoms with Crippen LogP contribution >= 0.6 is 15.6 Å². The summed E-state index contributed by atoms with van der Waals surface area (Å²) < 4.78 is 23.7. The molecule has 0 fully saturated rings. The Bertz CT molecular complexity index is 194. The minimum atomic E-state index is -4.88. The van der Waals surface area contributed by atoms with E-state index in [1.807, 2.05) is 0 Å². The first-order valence-electron chi connectivity index (χ1n) is 2.05. The van der Waals surface area contributed by atoms with Gasteiger partial charge in [-0.3, -0.25) is 0 Å². The van der Waals surface area contributed by atoms with Crippen LogP contribution in [0.3, 0.4) is 0 Å². The van der Waals surface area contributed by atoms with Gasteiger partial charge in [0.25, 0.3) is 0 Å². The summed E-state index contributed by atoms with van der Waals surface area (Å²) in [5, 5.41) is 1.69. The second kappa shape index (κ2) is 3.11. The van der Waals surface area contributed by atoms with Crippen molar-refractivity contribution in [2.75, 3.05) is 7.05 Å². The van der Waals surface area contributed by atoms with Crippen molar-refractivity contribution in [1.82, 2.24) is 5.09 Å². The molecule has 0 heterocycles. The largest absolute Gasteiger partial charge is 0.477 e. The number of hydrogen-bond donors (Lipinski definition) is 4. The Hall–Kier alpha value is 0.260. The molecule has 0 saturated heterocycles. The van der Waals surface area contributed by atoms with Crippen molar-refractivity contribution in [3.63, 3.8) is 0 Å². The first-order valence-corrected chi connectivity index (χ1v) is 5.16. The van der Waals surface area contributed by atoms with Gasteiger partial charge in [0.15, 0.2) is 0 Å². The molecule has 9 heteroatoms. The van der Waals surface area contributed by atoms with Crippen LogP contribution in [0.25, 0.3) is 0 Å². The van der Waals surface area contributed by atoms with Gasteiger partial charge in [0, 0.05) is 0 Å². The third-order valence-corrected chi connectivity index (χ3v) is 2.80. The Balaban J connectivity index is 4.17. The van der Waals surface area contributed by atoms with E-state index >= 15 is 0 Å². The fourth-order valence-electron chi connectivity index (χ4n) is 0.185. The van der Waals surface area contributed by atoms with E-state index in [0.717, 1.165) is 7.05 Å². The van der Waals surface area contributed by atoms with Crippen LogP contribution in [0.5, 0.6) is 0 Å². The summed E-state index contributed by atoms with van der Waals surface area (Å²) in [6.45, 7) is 0. The average molecular weight is 191 g/mol. The molecular weight excluding hydrogens is 184 g/mol. The van der Waals surface area contributed by atoms with Crippen molar-refractivity contribution < 1.29 is 28.1 Å². The molecule has 4 N–H and O–H groups in total. The molecule has 0 saturated carbocycles. The summed E-state index contributed by atoms with van der Waals surface area (Å²) in [5.41, 5.74) is 0. The Morgan fingerprint density at radius 3 is 1.80 bits per heavy atom. The monoisotopic (exact) mass is 191 g/mol. The van der Waals surface area contributed by atoms with Gasteiger partial charge >= 0.3 is 15.6 Å². The molecule has 10 heavy (non-hydrogen) atoms. The maximum absolute atomic E-state index is 10.3. The molecule has 0 aromatic carbocycles. The van der Waals surface area contributed by atoms with Crippen molar-refractivity contribution in [3.05, 3.63) is 0 Å². The Morgan fingerprint density at radius 1 is 1.30 bits per heavy atom. The van der Waals surface area contributed by atoms with Crippen LogP contribution in [0, 0.1) is 0 Å². The molecule has 0 spiro atoms. The maximum Gasteiger partial charge on any atom is 0.477 e. The quantitative estimate of drug-likeness (QED) is 0.440. The van der Waals surface area contributed by atoms with E-state index in [4.69, 9.17) is 14.7 Å². The van der Waals surface area contributed by atoms with Gasteiger partial charge in [-0.05, 0) is 7.05 Å². The summed E-state index contributed by atoms with van der Waals surface area (Å²) in [7, 11) is -8.15. The van der Waals surface area contributed by atoms with Crippen LogP contribution in [-0.4, -0.2) is 21.7 Å². The molecule has 1 unspecified atom stereocenters. The smallest absolute Gasteiger partial charge is 0.312 e. The van der Waals surface area contributed by atoms with Crippen molar-refractivity contribution >= 4 is 15.6 Å². The van der Waals surface area contributed by atoms with E-state index in [1.54, 1.807) is 5.09 Å². The Labute approximate surface area is 56.9 Å². The van der Waals surface area contributed by atoms with Gasteiger partial charge in [-0.1, -0.05) is 0 Å². The van der Waals surface area contributed by atoms with Crippen LogP contribution in [-0.2, 0) is 13.4 Å². The molecule has 0 aliphatic carbocycles. The predicted octanol–water partition coefficient (Wildman–Crippen LogP) is -0.585. The second-order valence-electron chi connectivity index (χ2n) is 1.32. The molecule has 0 aromatic heterocycles. The second-order valence-corrected chi connectivity index (χ2v) is 4.44. The molecule has 0 aliphatic rings. The minimum Gasteiger partial charge on any atom is -0.312 e. The molecule has 0 rings (SSSR count). The fraction of sp³-hybridized carbons (Fsp3) is 1.00. The van der Waals surface area contributed by atoms with E-state index in [9.17, 15) is 9.13 Å². The van der Waals surface area contributed by atoms with Crippen molar-refractivity contribution in [3.8, 4) is 0 Å². The first-order chi connectivity index (χ1) is 4.27. The van der Waals surface area contributed by atoms with Crippen LogP contribution in [0.2, 0.25) is 0 Å². The first kappa shape index (κ1) is 10.3. The zero-order valence-electron chi connectivity index (χ0n) is 4.96. The summed E-state index contributed by atoms with van der Waals surface area (Å²) in [6.07, 6.45) is 0. The topological polar surface area (TPSA) is 116 Å². The Morgan fingerprint density at radius 2 is 1.70 bits per heavy atom. The highest BCUT2D eigenvalue weighted by Gasteiger charge is 2.28. The molecule has 7 nitrogen and oxygen atoms in total. The predicted molar refractivity (Wildman–Crippen MR) is 32.0 cm³/mol. The molecule has 62 valence electrons. The highest BCUT2D eigenvalue weighted by atomic mass is 31.3. The number of rotatable bonds is 3. The Kier molecular flexibility index (Phi) is 3.19. The third kappa shape index (κ3) is 5.08. The van der Waals surface area contributed by atoms with Gasteiger partial charge in [-0.15, -0.1) is 0 Å². The lowest BCUT2D eigenvalue weighted by Gasteiger charge is -2.09. The lowest BCUT2D eigenvalue weighted by atomic mass is 11.6. The fourth-order valence-corrected chi connectivity index (χ4v) is 1.66. The molecule has 0 radical (unpaired) electrons. The van der Waals surface area contributed by atoms with Crippen LogP contribution in [0.15, 0.2) is 0 Å². The average Bonchev–Trinajstić information content (AvgIpc) is 1.60. The van der Waals surface area contributed by atoms with Crippen LogP contribution < -0.4 is 5.09 Å². The lowest BCUT2D eigenvalue weighted by molar-refractivity contribution is 0.260. The van der Waals surface area contributed by atoms with Gasteiger partial charge in [-0.25, -0.2) is 14.2 Å². The highest BCUT2D eigenvalue weighted by molar-refractivity contribution is 7.62. The third-order valence-electron chi connectivity index (χ3n) is 0.500. The van der Waals surface area contributed by atoms with Gasteiger partial charge in [0.2, 0.25) is 0 Å². The summed E-state index contributed by atoms with van der Waals surface area (Å²) in [4.78, 5) is 24.4. The molecule has 0 aliphatic heterocycles. The van der Waals surface area contributed by atoms with E-state index in [0.29, 0.717) is 0 Å². The van der Waals surface area contributed by atoms with Crippen LogP contribution in [0.1, 0.15) is 0 Å². The molecule has 0 amide bonds. The SMILES string of the molecule is CNP(=O)(O)OP(=O)(O)O.